The largest absolute Gasteiger partial charge is 0.496 e. The molecule has 0 saturated heterocycles. The molecule has 4 heteroatoms. The Morgan fingerprint density at radius 2 is 1.75 bits per heavy atom. The van der Waals surface area contributed by atoms with Crippen molar-refractivity contribution in [3.05, 3.63) is 65.2 Å². The number of hydrogen-bond acceptors (Lipinski definition) is 3. The highest BCUT2D eigenvalue weighted by Gasteiger charge is 2.09. The minimum Gasteiger partial charge on any atom is -0.496 e. The Bertz CT molecular complexity index is 670. The van der Waals surface area contributed by atoms with Gasteiger partial charge in [-0.1, -0.05) is 42.5 Å². The monoisotopic (exact) mass is 326 g/mol. The molecule has 0 aliphatic rings. The third-order valence-corrected chi connectivity index (χ3v) is 4.02. The van der Waals surface area contributed by atoms with E-state index in [2.05, 4.69) is 24.4 Å². The molecule has 0 bridgehead atoms. The molecule has 0 unspecified atom stereocenters. The summed E-state index contributed by atoms with van der Waals surface area (Å²) >= 11 is 0. The van der Waals surface area contributed by atoms with Gasteiger partial charge in [-0.15, -0.1) is 0 Å². The van der Waals surface area contributed by atoms with Crippen LogP contribution in [0, 0.1) is 6.92 Å². The van der Waals surface area contributed by atoms with Crippen molar-refractivity contribution in [2.24, 2.45) is 0 Å². The van der Waals surface area contributed by atoms with Crippen LogP contribution in [-0.4, -0.2) is 38.1 Å². The van der Waals surface area contributed by atoms with Gasteiger partial charge in [-0.3, -0.25) is 9.69 Å². The Kier molecular flexibility index (Phi) is 6.82. The number of nitrogens with zero attached hydrogens (tertiary/aromatic N) is 1. The van der Waals surface area contributed by atoms with Gasteiger partial charge < -0.3 is 10.1 Å². The molecule has 0 heterocycles. The Morgan fingerprint density at radius 1 is 1.08 bits per heavy atom. The van der Waals surface area contributed by atoms with Crippen molar-refractivity contribution >= 4 is 5.91 Å². The predicted octanol–water partition coefficient (Wildman–Crippen LogP) is 2.79. The fourth-order valence-electron chi connectivity index (χ4n) is 2.71. The number of ether oxygens (including phenoxy) is 1. The van der Waals surface area contributed by atoms with Gasteiger partial charge in [0, 0.05) is 18.7 Å². The van der Waals surface area contributed by atoms with Gasteiger partial charge in [-0.25, -0.2) is 0 Å². The third-order valence-electron chi connectivity index (χ3n) is 4.02. The normalized spacial score (nSPS) is 10.7. The second-order valence-electron chi connectivity index (χ2n) is 6.01. The van der Waals surface area contributed by atoms with Crippen LogP contribution < -0.4 is 10.1 Å². The van der Waals surface area contributed by atoms with Gasteiger partial charge in [-0.05, 0) is 37.6 Å². The molecule has 1 N–H and O–H groups in total. The molecule has 0 atom stereocenters. The zero-order valence-corrected chi connectivity index (χ0v) is 14.7. The highest BCUT2D eigenvalue weighted by atomic mass is 16.5. The summed E-state index contributed by atoms with van der Waals surface area (Å²) in [5.74, 6) is 0.894. The van der Waals surface area contributed by atoms with Gasteiger partial charge in [0.1, 0.15) is 5.75 Å². The molecule has 0 radical (unpaired) electrons. The van der Waals surface area contributed by atoms with Crippen LogP contribution in [0.3, 0.4) is 0 Å². The first-order valence-corrected chi connectivity index (χ1v) is 8.22. The first-order valence-electron chi connectivity index (χ1n) is 8.22. The lowest BCUT2D eigenvalue weighted by Gasteiger charge is -2.18. The van der Waals surface area contributed by atoms with Gasteiger partial charge in [0.15, 0.2) is 0 Å². The van der Waals surface area contributed by atoms with Crippen molar-refractivity contribution < 1.29 is 9.53 Å². The van der Waals surface area contributed by atoms with Crippen molar-refractivity contribution in [2.75, 3.05) is 27.2 Å². The van der Waals surface area contributed by atoms with Crippen molar-refractivity contribution in [1.29, 1.82) is 0 Å². The van der Waals surface area contributed by atoms with Crippen LogP contribution in [0.2, 0.25) is 0 Å². The zero-order valence-electron chi connectivity index (χ0n) is 14.7. The van der Waals surface area contributed by atoms with Crippen LogP contribution in [-0.2, 0) is 17.8 Å². The lowest BCUT2D eigenvalue weighted by molar-refractivity contribution is -0.122. The van der Waals surface area contributed by atoms with Gasteiger partial charge in [0.05, 0.1) is 13.7 Å². The SMILES string of the molecule is COc1ccccc1CN(C)CC(=O)NCCc1ccccc1C. The van der Waals surface area contributed by atoms with Gasteiger partial charge in [0.25, 0.3) is 0 Å². The average Bonchev–Trinajstić information content (AvgIpc) is 2.57. The Hall–Kier alpha value is -2.33. The van der Waals surface area contributed by atoms with Crippen LogP contribution >= 0.6 is 0 Å². The number of carbonyl (C=O) groups excluding carboxylic acids is 1. The third kappa shape index (κ3) is 5.39. The van der Waals surface area contributed by atoms with Gasteiger partial charge in [0.2, 0.25) is 5.91 Å². The van der Waals surface area contributed by atoms with E-state index in [0.29, 0.717) is 19.6 Å². The van der Waals surface area contributed by atoms with Crippen LogP contribution in [0.1, 0.15) is 16.7 Å². The molecule has 0 saturated carbocycles. The summed E-state index contributed by atoms with van der Waals surface area (Å²) in [7, 11) is 3.60. The van der Waals surface area contributed by atoms with E-state index in [1.54, 1.807) is 7.11 Å². The highest BCUT2D eigenvalue weighted by molar-refractivity contribution is 5.78. The van der Waals surface area contributed by atoms with Crippen LogP contribution in [0.25, 0.3) is 0 Å². The summed E-state index contributed by atoms with van der Waals surface area (Å²) in [6, 6.07) is 16.1. The second-order valence-corrected chi connectivity index (χ2v) is 6.01. The number of benzene rings is 2. The maximum Gasteiger partial charge on any atom is 0.234 e. The number of carbonyl (C=O) groups is 1. The van der Waals surface area contributed by atoms with Crippen molar-refractivity contribution in [3.8, 4) is 5.75 Å². The molecule has 2 aromatic rings. The van der Waals surface area contributed by atoms with Gasteiger partial charge >= 0.3 is 0 Å². The summed E-state index contributed by atoms with van der Waals surface area (Å²) in [6.07, 6.45) is 0.856. The van der Waals surface area contributed by atoms with E-state index in [4.69, 9.17) is 4.74 Å². The zero-order chi connectivity index (χ0) is 17.4. The molecule has 0 aromatic heterocycles. The lowest BCUT2D eigenvalue weighted by atomic mass is 10.1. The number of likely N-dealkylation sites (N-methyl/N-ethyl adjacent to an activating group) is 1. The van der Waals surface area contributed by atoms with Gasteiger partial charge in [-0.2, -0.15) is 0 Å². The molecule has 4 nitrogen and oxygen atoms in total. The Morgan fingerprint density at radius 3 is 2.46 bits per heavy atom. The maximum atomic E-state index is 12.1. The summed E-state index contributed by atoms with van der Waals surface area (Å²) in [5, 5.41) is 2.99. The number of nitrogens with one attached hydrogen (secondary N) is 1. The molecular weight excluding hydrogens is 300 g/mol. The average molecular weight is 326 g/mol. The first kappa shape index (κ1) is 18.0. The van der Waals surface area contributed by atoms with E-state index < -0.39 is 0 Å². The molecule has 1 amide bonds. The number of para-hydroxylation sites is 1. The summed E-state index contributed by atoms with van der Waals surface area (Å²) in [6.45, 7) is 3.80. The molecule has 0 aliphatic carbocycles. The summed E-state index contributed by atoms with van der Waals surface area (Å²) in [5.41, 5.74) is 3.62. The predicted molar refractivity (Wildman–Crippen MR) is 97.2 cm³/mol. The molecule has 2 aromatic carbocycles. The van der Waals surface area contributed by atoms with E-state index in [9.17, 15) is 4.79 Å². The topological polar surface area (TPSA) is 41.6 Å². The maximum absolute atomic E-state index is 12.1. The molecule has 0 fully saturated rings. The fraction of sp³-hybridized carbons (Fsp3) is 0.350. The van der Waals surface area contributed by atoms with Crippen molar-refractivity contribution in [3.63, 3.8) is 0 Å². The number of aryl methyl sites for hydroxylation is 1. The van der Waals surface area contributed by atoms with E-state index in [-0.39, 0.29) is 5.91 Å². The molecule has 128 valence electrons. The smallest absolute Gasteiger partial charge is 0.234 e. The Labute approximate surface area is 144 Å². The van der Waals surface area contributed by atoms with Crippen LogP contribution in [0.15, 0.2) is 48.5 Å². The van der Waals surface area contributed by atoms with E-state index >= 15 is 0 Å². The Balaban J connectivity index is 1.76. The van der Waals surface area contributed by atoms with Crippen molar-refractivity contribution in [1.82, 2.24) is 10.2 Å². The van der Waals surface area contributed by atoms with Crippen molar-refractivity contribution in [2.45, 2.75) is 19.9 Å². The van der Waals surface area contributed by atoms with E-state index in [0.717, 1.165) is 17.7 Å². The van der Waals surface area contributed by atoms with Crippen LogP contribution in [0.5, 0.6) is 5.75 Å². The fourth-order valence-corrected chi connectivity index (χ4v) is 2.71. The molecule has 2 rings (SSSR count). The minimum atomic E-state index is 0.0426. The number of methoxy groups -OCH3 is 1. The van der Waals surface area contributed by atoms with E-state index in [1.807, 2.05) is 48.3 Å². The molecule has 24 heavy (non-hydrogen) atoms. The summed E-state index contributed by atoms with van der Waals surface area (Å²) in [4.78, 5) is 14.1. The van der Waals surface area contributed by atoms with Crippen LogP contribution in [0.4, 0.5) is 0 Å². The lowest BCUT2D eigenvalue weighted by Crippen LogP contribution is -2.35. The first-order chi connectivity index (χ1) is 11.6. The number of rotatable bonds is 8. The molecule has 0 aliphatic heterocycles. The second kappa shape index (κ2) is 9.08. The highest BCUT2D eigenvalue weighted by Crippen LogP contribution is 2.18. The molecular formula is C20H26N2O2. The standard InChI is InChI=1S/C20H26N2O2/c1-16-8-4-5-9-17(16)12-13-21-20(23)15-22(2)14-18-10-6-7-11-19(18)24-3/h4-11H,12-15H2,1-3H3,(H,21,23). The summed E-state index contributed by atoms with van der Waals surface area (Å²) < 4.78 is 5.35. The number of amides is 1. The quantitative estimate of drug-likeness (QED) is 0.811. The molecule has 0 spiro atoms. The van der Waals surface area contributed by atoms with E-state index in [1.165, 1.54) is 11.1 Å². The minimum absolute atomic E-state index is 0.0426. The number of hydrogen-bond donors (Lipinski definition) is 1.